The van der Waals surface area contributed by atoms with Crippen molar-refractivity contribution in [2.24, 2.45) is 0 Å². The van der Waals surface area contributed by atoms with Crippen molar-refractivity contribution in [1.29, 1.82) is 0 Å². The zero-order valence-corrected chi connectivity index (χ0v) is 16.4. The van der Waals surface area contributed by atoms with Gasteiger partial charge in [0.25, 0.3) is 5.91 Å². The van der Waals surface area contributed by atoms with E-state index in [4.69, 9.17) is 4.74 Å². The molecule has 0 radical (unpaired) electrons. The van der Waals surface area contributed by atoms with Crippen molar-refractivity contribution in [1.82, 2.24) is 4.90 Å². The molecule has 2 amide bonds. The van der Waals surface area contributed by atoms with Crippen LogP contribution in [-0.4, -0.2) is 42.5 Å². The molecule has 2 aromatic carbocycles. The number of carbonyl (C=O) groups is 2. The molecule has 0 spiro atoms. The first-order valence-corrected chi connectivity index (χ1v) is 9.96. The summed E-state index contributed by atoms with van der Waals surface area (Å²) in [5.74, 6) is -0.0350. The van der Waals surface area contributed by atoms with Gasteiger partial charge < -0.3 is 15.0 Å². The van der Waals surface area contributed by atoms with E-state index in [9.17, 15) is 9.59 Å². The fourth-order valence-electron chi connectivity index (χ4n) is 3.41. The van der Waals surface area contributed by atoms with E-state index in [1.54, 1.807) is 12.1 Å². The van der Waals surface area contributed by atoms with Gasteiger partial charge in [0, 0.05) is 24.2 Å². The van der Waals surface area contributed by atoms with Gasteiger partial charge in [0.15, 0.2) is 0 Å². The van der Waals surface area contributed by atoms with E-state index in [-0.39, 0.29) is 17.9 Å². The highest BCUT2D eigenvalue weighted by Crippen LogP contribution is 2.17. The third-order valence-corrected chi connectivity index (χ3v) is 4.98. The molecule has 28 heavy (non-hydrogen) atoms. The van der Waals surface area contributed by atoms with Crippen LogP contribution in [0.5, 0.6) is 0 Å². The van der Waals surface area contributed by atoms with E-state index in [0.717, 1.165) is 19.3 Å². The Morgan fingerprint density at radius 3 is 2.71 bits per heavy atom. The molecule has 1 fully saturated rings. The van der Waals surface area contributed by atoms with E-state index in [0.29, 0.717) is 37.4 Å². The van der Waals surface area contributed by atoms with E-state index >= 15 is 0 Å². The smallest absolute Gasteiger partial charge is 0.254 e. The Hall–Kier alpha value is -2.66. The number of carbonyl (C=O) groups excluding carboxylic acids is 2. The molecule has 2 aromatic rings. The van der Waals surface area contributed by atoms with Gasteiger partial charge in [0.1, 0.15) is 0 Å². The number of rotatable bonds is 7. The molecule has 0 aliphatic carbocycles. The Morgan fingerprint density at radius 2 is 1.93 bits per heavy atom. The van der Waals surface area contributed by atoms with E-state index in [1.807, 2.05) is 42.2 Å². The van der Waals surface area contributed by atoms with Crippen LogP contribution in [0.15, 0.2) is 54.6 Å². The third-order valence-electron chi connectivity index (χ3n) is 4.98. The summed E-state index contributed by atoms with van der Waals surface area (Å²) in [5, 5.41) is 2.92. The van der Waals surface area contributed by atoms with Gasteiger partial charge in [-0.1, -0.05) is 36.4 Å². The van der Waals surface area contributed by atoms with Gasteiger partial charge in [-0.3, -0.25) is 9.59 Å². The molecule has 1 heterocycles. The average Bonchev–Trinajstić information content (AvgIpc) is 2.72. The van der Waals surface area contributed by atoms with E-state index in [2.05, 4.69) is 17.4 Å². The highest BCUT2D eigenvalue weighted by atomic mass is 16.5. The monoisotopic (exact) mass is 380 g/mol. The number of hydrogen-bond acceptors (Lipinski definition) is 3. The zero-order valence-electron chi connectivity index (χ0n) is 16.4. The van der Waals surface area contributed by atoms with Crippen LogP contribution in [0.25, 0.3) is 0 Å². The molecule has 5 nitrogen and oxygen atoms in total. The number of nitrogens with one attached hydrogen (secondary N) is 1. The number of aryl methyl sites for hydroxylation is 1. The van der Waals surface area contributed by atoms with Crippen LogP contribution >= 0.6 is 0 Å². The summed E-state index contributed by atoms with van der Waals surface area (Å²) >= 11 is 0. The molecule has 3 rings (SSSR count). The first-order chi connectivity index (χ1) is 13.6. The normalized spacial score (nSPS) is 16.6. The predicted molar refractivity (Wildman–Crippen MR) is 110 cm³/mol. The largest absolute Gasteiger partial charge is 0.377 e. The van der Waals surface area contributed by atoms with Gasteiger partial charge >= 0.3 is 0 Å². The second kappa shape index (κ2) is 10.0. The molecule has 0 bridgehead atoms. The molecule has 5 heteroatoms. The lowest BCUT2D eigenvalue weighted by molar-refractivity contribution is -0.116. The summed E-state index contributed by atoms with van der Waals surface area (Å²) in [5.41, 5.74) is 2.56. The van der Waals surface area contributed by atoms with E-state index < -0.39 is 0 Å². The molecule has 1 saturated heterocycles. The van der Waals surface area contributed by atoms with Crippen molar-refractivity contribution in [2.45, 2.75) is 38.6 Å². The molecular weight excluding hydrogens is 352 g/mol. The van der Waals surface area contributed by atoms with Gasteiger partial charge in [-0.25, -0.2) is 0 Å². The Labute approximate surface area is 166 Å². The topological polar surface area (TPSA) is 58.6 Å². The molecule has 1 N–H and O–H groups in total. The van der Waals surface area contributed by atoms with Crippen molar-refractivity contribution < 1.29 is 14.3 Å². The number of hydrogen-bond donors (Lipinski definition) is 1. The van der Waals surface area contributed by atoms with Crippen LogP contribution in [0, 0.1) is 0 Å². The Bertz CT molecular complexity index is 791. The third kappa shape index (κ3) is 5.67. The lowest BCUT2D eigenvalue weighted by Gasteiger charge is -2.33. The Morgan fingerprint density at radius 1 is 1.11 bits per heavy atom. The molecule has 1 atom stereocenters. The number of unbranched alkanes of at least 4 members (excludes halogenated alkanes) is 1. The van der Waals surface area contributed by atoms with Crippen LogP contribution in [0.2, 0.25) is 0 Å². The second-order valence-electron chi connectivity index (χ2n) is 7.24. The van der Waals surface area contributed by atoms with Crippen molar-refractivity contribution in [3.63, 3.8) is 0 Å². The lowest BCUT2D eigenvalue weighted by Crippen LogP contribution is -2.47. The van der Waals surface area contributed by atoms with Crippen molar-refractivity contribution in [2.75, 3.05) is 25.1 Å². The van der Waals surface area contributed by atoms with Crippen molar-refractivity contribution in [3.8, 4) is 0 Å². The van der Waals surface area contributed by atoms with E-state index in [1.165, 1.54) is 5.56 Å². The van der Waals surface area contributed by atoms with Crippen molar-refractivity contribution >= 4 is 17.5 Å². The molecule has 0 aromatic heterocycles. The molecule has 0 saturated carbocycles. The van der Waals surface area contributed by atoms with Crippen LogP contribution in [0.3, 0.4) is 0 Å². The van der Waals surface area contributed by atoms with Gasteiger partial charge in [-0.05, 0) is 49.9 Å². The predicted octanol–water partition coefficient (Wildman–Crippen LogP) is 3.90. The number of nitrogens with zero attached hydrogens (tertiary/aromatic N) is 1. The highest BCUT2D eigenvalue weighted by molar-refractivity contribution is 5.97. The zero-order chi connectivity index (χ0) is 19.8. The quantitative estimate of drug-likeness (QED) is 0.741. The fourth-order valence-corrected chi connectivity index (χ4v) is 3.41. The number of anilines is 1. The number of benzene rings is 2. The summed E-state index contributed by atoms with van der Waals surface area (Å²) in [4.78, 5) is 26.8. The fraction of sp³-hybridized carbons (Fsp3) is 0.391. The molecular formula is C23H28N2O3. The Balaban J connectivity index is 1.48. The molecule has 1 aliphatic rings. The highest BCUT2D eigenvalue weighted by Gasteiger charge is 2.24. The molecule has 1 unspecified atom stereocenters. The standard InChI is InChI=1S/C23H28N2O3/c1-18-17-28-15-14-25(18)23(27)20-11-7-12-21(16-20)24-22(26)13-6-5-10-19-8-3-2-4-9-19/h2-4,7-9,11-12,16,18H,5-6,10,13-15,17H2,1H3,(H,24,26). The Kier molecular flexibility index (Phi) is 7.20. The van der Waals surface area contributed by atoms with Crippen LogP contribution in [-0.2, 0) is 16.0 Å². The maximum atomic E-state index is 12.8. The summed E-state index contributed by atoms with van der Waals surface area (Å²) in [7, 11) is 0. The van der Waals surface area contributed by atoms with Gasteiger partial charge in [-0.15, -0.1) is 0 Å². The summed E-state index contributed by atoms with van der Waals surface area (Å²) < 4.78 is 5.40. The molecule has 1 aliphatic heterocycles. The van der Waals surface area contributed by atoms with Crippen molar-refractivity contribution in [3.05, 3.63) is 65.7 Å². The minimum atomic E-state index is -0.0187. The van der Waals surface area contributed by atoms with Gasteiger partial charge in [0.05, 0.1) is 19.3 Å². The lowest BCUT2D eigenvalue weighted by atomic mass is 10.1. The first-order valence-electron chi connectivity index (χ1n) is 9.96. The summed E-state index contributed by atoms with van der Waals surface area (Å²) in [6, 6.07) is 17.5. The average molecular weight is 380 g/mol. The number of morpholine rings is 1. The SMILES string of the molecule is CC1COCCN1C(=O)c1cccc(NC(=O)CCCCc2ccccc2)c1. The second-order valence-corrected chi connectivity index (χ2v) is 7.24. The van der Waals surface area contributed by atoms with Crippen LogP contribution in [0.4, 0.5) is 5.69 Å². The summed E-state index contributed by atoms with van der Waals surface area (Å²) in [6.07, 6.45) is 3.27. The minimum absolute atomic E-state index is 0.0163. The maximum absolute atomic E-state index is 12.8. The maximum Gasteiger partial charge on any atom is 0.254 e. The van der Waals surface area contributed by atoms with Gasteiger partial charge in [-0.2, -0.15) is 0 Å². The number of amides is 2. The summed E-state index contributed by atoms with van der Waals surface area (Å²) in [6.45, 7) is 3.71. The number of ether oxygens (including phenoxy) is 1. The first kappa shape index (κ1) is 20.1. The van der Waals surface area contributed by atoms with Gasteiger partial charge in [0.2, 0.25) is 5.91 Å². The van der Waals surface area contributed by atoms with Crippen LogP contribution < -0.4 is 5.32 Å². The minimum Gasteiger partial charge on any atom is -0.377 e. The van der Waals surface area contributed by atoms with Crippen LogP contribution in [0.1, 0.15) is 42.1 Å². The molecule has 148 valence electrons.